The van der Waals surface area contributed by atoms with E-state index in [-0.39, 0.29) is 0 Å². The molecular formula is C12H20N2S. The summed E-state index contributed by atoms with van der Waals surface area (Å²) in [6.07, 6.45) is 4.05. The maximum atomic E-state index is 3.60. The lowest BCUT2D eigenvalue weighted by atomic mass is 10.0. The number of nitrogens with one attached hydrogen (secondary N) is 2. The first kappa shape index (κ1) is 11.1. The number of hydrogen-bond donors (Lipinski definition) is 2. The van der Waals surface area contributed by atoms with Crippen LogP contribution in [0.25, 0.3) is 0 Å². The van der Waals surface area contributed by atoms with E-state index in [0.717, 1.165) is 6.54 Å². The molecule has 0 radical (unpaired) electrons. The largest absolute Gasteiger partial charge is 0.313 e. The minimum atomic E-state index is 0.494. The molecule has 1 aromatic rings. The van der Waals surface area contributed by atoms with Gasteiger partial charge < -0.3 is 10.6 Å². The van der Waals surface area contributed by atoms with Crippen molar-refractivity contribution in [2.45, 2.75) is 38.3 Å². The van der Waals surface area contributed by atoms with Gasteiger partial charge in [-0.25, -0.2) is 0 Å². The second-order valence-electron chi connectivity index (χ2n) is 4.29. The quantitative estimate of drug-likeness (QED) is 0.821. The monoisotopic (exact) mass is 224 g/mol. The third-order valence-corrected chi connectivity index (χ3v) is 4.11. The van der Waals surface area contributed by atoms with Gasteiger partial charge in [0.05, 0.1) is 0 Å². The molecular weight excluding hydrogens is 204 g/mol. The molecule has 0 spiro atoms. The van der Waals surface area contributed by atoms with E-state index in [0.29, 0.717) is 12.1 Å². The van der Waals surface area contributed by atoms with E-state index in [9.17, 15) is 0 Å². The molecule has 2 N–H and O–H groups in total. The Labute approximate surface area is 96.1 Å². The van der Waals surface area contributed by atoms with Crippen molar-refractivity contribution in [3.05, 3.63) is 22.4 Å². The Hall–Kier alpha value is -0.380. The zero-order valence-corrected chi connectivity index (χ0v) is 10.1. The fraction of sp³-hybridized carbons (Fsp3) is 0.667. The molecule has 2 rings (SSSR count). The molecule has 3 heteroatoms. The maximum Gasteiger partial charge on any atom is 0.0386 e. The lowest BCUT2D eigenvalue weighted by molar-refractivity contribution is 0.372. The van der Waals surface area contributed by atoms with Crippen LogP contribution in [0.2, 0.25) is 0 Å². The molecule has 0 aliphatic carbocycles. The average molecular weight is 224 g/mol. The molecule has 2 heterocycles. The Kier molecular flexibility index (Phi) is 4.18. The molecule has 0 amide bonds. The SMILES string of the molecule is CC(NCC1CCCCN1)c1cccs1. The summed E-state index contributed by atoms with van der Waals surface area (Å²) in [5.74, 6) is 0. The summed E-state index contributed by atoms with van der Waals surface area (Å²) in [5, 5.41) is 9.31. The minimum absolute atomic E-state index is 0.494. The van der Waals surface area contributed by atoms with Gasteiger partial charge in [0, 0.05) is 23.5 Å². The predicted molar refractivity (Wildman–Crippen MR) is 66.4 cm³/mol. The van der Waals surface area contributed by atoms with Crippen LogP contribution in [0.4, 0.5) is 0 Å². The Morgan fingerprint density at radius 3 is 3.20 bits per heavy atom. The van der Waals surface area contributed by atoms with Crippen molar-refractivity contribution in [3.8, 4) is 0 Å². The lowest BCUT2D eigenvalue weighted by Gasteiger charge is -2.25. The average Bonchev–Trinajstić information content (AvgIpc) is 2.81. The summed E-state index contributed by atoms with van der Waals surface area (Å²) in [6.45, 7) is 4.54. The Morgan fingerprint density at radius 1 is 1.60 bits per heavy atom. The summed E-state index contributed by atoms with van der Waals surface area (Å²) in [6, 6.07) is 5.50. The van der Waals surface area contributed by atoms with Gasteiger partial charge in [-0.2, -0.15) is 0 Å². The Bertz CT molecular complexity index is 265. The standard InChI is InChI=1S/C12H20N2S/c1-10(12-6-4-8-15-12)14-9-11-5-2-3-7-13-11/h4,6,8,10-11,13-14H,2-3,5,7,9H2,1H3. The molecule has 0 aromatic carbocycles. The van der Waals surface area contributed by atoms with Gasteiger partial charge in [0.2, 0.25) is 0 Å². The van der Waals surface area contributed by atoms with Gasteiger partial charge in [-0.05, 0) is 37.8 Å². The molecule has 15 heavy (non-hydrogen) atoms. The Balaban J connectivity index is 1.73. The number of rotatable bonds is 4. The van der Waals surface area contributed by atoms with Gasteiger partial charge in [-0.15, -0.1) is 11.3 Å². The smallest absolute Gasteiger partial charge is 0.0386 e. The summed E-state index contributed by atoms with van der Waals surface area (Å²) in [7, 11) is 0. The summed E-state index contributed by atoms with van der Waals surface area (Å²) >= 11 is 1.83. The highest BCUT2D eigenvalue weighted by Gasteiger charge is 2.13. The summed E-state index contributed by atoms with van der Waals surface area (Å²) in [4.78, 5) is 1.44. The second-order valence-corrected chi connectivity index (χ2v) is 5.27. The molecule has 1 saturated heterocycles. The zero-order chi connectivity index (χ0) is 10.5. The maximum absolute atomic E-state index is 3.60. The van der Waals surface area contributed by atoms with Gasteiger partial charge in [-0.3, -0.25) is 0 Å². The van der Waals surface area contributed by atoms with Gasteiger partial charge in [0.15, 0.2) is 0 Å². The lowest BCUT2D eigenvalue weighted by Crippen LogP contribution is -2.42. The first-order valence-electron chi connectivity index (χ1n) is 5.86. The van der Waals surface area contributed by atoms with E-state index < -0.39 is 0 Å². The summed E-state index contributed by atoms with van der Waals surface area (Å²) in [5.41, 5.74) is 0. The third-order valence-electron chi connectivity index (χ3n) is 3.05. The van der Waals surface area contributed by atoms with Crippen molar-refractivity contribution in [3.63, 3.8) is 0 Å². The van der Waals surface area contributed by atoms with Crippen LogP contribution < -0.4 is 10.6 Å². The normalized spacial score (nSPS) is 23.9. The first-order valence-corrected chi connectivity index (χ1v) is 6.74. The third kappa shape index (κ3) is 3.30. The van der Waals surface area contributed by atoms with Gasteiger partial charge >= 0.3 is 0 Å². The minimum Gasteiger partial charge on any atom is -0.313 e. The van der Waals surface area contributed by atoms with Crippen LogP contribution >= 0.6 is 11.3 Å². The van der Waals surface area contributed by atoms with E-state index in [2.05, 4.69) is 35.1 Å². The van der Waals surface area contributed by atoms with Crippen molar-refractivity contribution in [1.82, 2.24) is 10.6 Å². The van der Waals surface area contributed by atoms with Crippen molar-refractivity contribution in [1.29, 1.82) is 0 Å². The Morgan fingerprint density at radius 2 is 2.53 bits per heavy atom. The van der Waals surface area contributed by atoms with Crippen molar-refractivity contribution in [2.75, 3.05) is 13.1 Å². The first-order chi connectivity index (χ1) is 7.36. The second kappa shape index (κ2) is 5.64. The molecule has 0 saturated carbocycles. The van der Waals surface area contributed by atoms with Crippen LogP contribution in [0.1, 0.15) is 37.1 Å². The van der Waals surface area contributed by atoms with Crippen molar-refractivity contribution < 1.29 is 0 Å². The molecule has 1 fully saturated rings. The van der Waals surface area contributed by atoms with Crippen LogP contribution in [0, 0.1) is 0 Å². The van der Waals surface area contributed by atoms with E-state index in [1.807, 2.05) is 11.3 Å². The molecule has 1 aromatic heterocycles. The highest BCUT2D eigenvalue weighted by molar-refractivity contribution is 7.10. The van der Waals surface area contributed by atoms with Crippen LogP contribution in [-0.2, 0) is 0 Å². The number of hydrogen-bond acceptors (Lipinski definition) is 3. The molecule has 2 atom stereocenters. The fourth-order valence-corrected chi connectivity index (χ4v) is 2.81. The van der Waals surface area contributed by atoms with E-state index >= 15 is 0 Å². The highest BCUT2D eigenvalue weighted by atomic mass is 32.1. The van der Waals surface area contributed by atoms with E-state index in [1.54, 1.807) is 0 Å². The predicted octanol–water partition coefficient (Wildman–Crippen LogP) is 2.54. The van der Waals surface area contributed by atoms with Crippen LogP contribution in [-0.4, -0.2) is 19.1 Å². The van der Waals surface area contributed by atoms with Gasteiger partial charge in [0.25, 0.3) is 0 Å². The summed E-state index contributed by atoms with van der Waals surface area (Å²) < 4.78 is 0. The molecule has 1 aliphatic rings. The van der Waals surface area contributed by atoms with Crippen LogP contribution in [0.3, 0.4) is 0 Å². The van der Waals surface area contributed by atoms with Crippen molar-refractivity contribution >= 4 is 11.3 Å². The van der Waals surface area contributed by atoms with Crippen LogP contribution in [0.5, 0.6) is 0 Å². The zero-order valence-electron chi connectivity index (χ0n) is 9.33. The fourth-order valence-electron chi connectivity index (χ4n) is 2.06. The molecule has 84 valence electrons. The van der Waals surface area contributed by atoms with E-state index in [1.165, 1.54) is 30.7 Å². The molecule has 0 bridgehead atoms. The molecule has 2 nitrogen and oxygen atoms in total. The number of thiophene rings is 1. The van der Waals surface area contributed by atoms with E-state index in [4.69, 9.17) is 0 Å². The molecule has 2 unspecified atom stereocenters. The van der Waals surface area contributed by atoms with Gasteiger partial charge in [-0.1, -0.05) is 12.5 Å². The number of piperidine rings is 1. The molecule has 1 aliphatic heterocycles. The van der Waals surface area contributed by atoms with Crippen LogP contribution in [0.15, 0.2) is 17.5 Å². The highest BCUT2D eigenvalue weighted by Crippen LogP contribution is 2.18. The van der Waals surface area contributed by atoms with Crippen molar-refractivity contribution in [2.24, 2.45) is 0 Å². The van der Waals surface area contributed by atoms with Gasteiger partial charge in [0.1, 0.15) is 0 Å². The topological polar surface area (TPSA) is 24.1 Å².